The zero-order valence-corrected chi connectivity index (χ0v) is 8.50. The first kappa shape index (κ1) is 9.19. The monoisotopic (exact) mass is 190 g/mol. The zero-order chi connectivity index (χ0) is 10.2. The van der Waals surface area contributed by atoms with Gasteiger partial charge in [0.25, 0.3) is 0 Å². The lowest BCUT2D eigenvalue weighted by Gasteiger charge is -2.19. The van der Waals surface area contributed by atoms with Crippen molar-refractivity contribution in [2.45, 2.75) is 26.7 Å². The molecule has 0 bridgehead atoms. The van der Waals surface area contributed by atoms with Gasteiger partial charge in [-0.15, -0.1) is 0 Å². The first-order valence-corrected chi connectivity index (χ1v) is 4.84. The van der Waals surface area contributed by atoms with Crippen molar-refractivity contribution in [3.05, 3.63) is 24.0 Å². The number of fused-ring (bicyclic) bond motifs is 1. The topological polar surface area (TPSA) is 42.0 Å². The molecule has 0 atom stereocenters. The molecule has 1 aliphatic heterocycles. The molecular formula is C11H14N2O. The van der Waals surface area contributed by atoms with E-state index >= 15 is 0 Å². The third-order valence-corrected chi connectivity index (χ3v) is 2.79. The van der Waals surface area contributed by atoms with Crippen LogP contribution in [0.15, 0.2) is 18.5 Å². The highest BCUT2D eigenvalue weighted by Crippen LogP contribution is 2.30. The fraction of sp³-hybridized carbons (Fsp3) is 0.455. The summed E-state index contributed by atoms with van der Waals surface area (Å²) in [6.45, 7) is 3.95. The van der Waals surface area contributed by atoms with Crippen LogP contribution in [0.4, 0.5) is 5.69 Å². The Kier molecular flexibility index (Phi) is 2.02. The summed E-state index contributed by atoms with van der Waals surface area (Å²) >= 11 is 0. The van der Waals surface area contributed by atoms with Gasteiger partial charge < -0.3 is 5.32 Å². The Morgan fingerprint density at radius 1 is 1.50 bits per heavy atom. The van der Waals surface area contributed by atoms with Crippen LogP contribution in [-0.4, -0.2) is 10.9 Å². The number of pyridine rings is 1. The van der Waals surface area contributed by atoms with Crippen LogP contribution in [0, 0.1) is 5.41 Å². The van der Waals surface area contributed by atoms with Gasteiger partial charge in [-0.3, -0.25) is 9.78 Å². The second kappa shape index (κ2) is 3.08. The van der Waals surface area contributed by atoms with Gasteiger partial charge in [0.15, 0.2) is 0 Å². The summed E-state index contributed by atoms with van der Waals surface area (Å²) in [5, 5.41) is 2.91. The molecule has 0 fully saturated rings. The number of hydrogen-bond acceptors (Lipinski definition) is 2. The Labute approximate surface area is 83.5 Å². The van der Waals surface area contributed by atoms with Crippen LogP contribution in [0.1, 0.15) is 25.8 Å². The van der Waals surface area contributed by atoms with E-state index < -0.39 is 0 Å². The SMILES string of the molecule is CC1(C)CCc2ccncc2NC1=O. The van der Waals surface area contributed by atoms with Crippen molar-refractivity contribution in [1.29, 1.82) is 0 Å². The number of hydrogen-bond donors (Lipinski definition) is 1. The third kappa shape index (κ3) is 1.50. The molecule has 1 amide bonds. The Balaban J connectivity index is 2.38. The summed E-state index contributed by atoms with van der Waals surface area (Å²) in [7, 11) is 0. The maximum atomic E-state index is 11.8. The van der Waals surface area contributed by atoms with Crippen molar-refractivity contribution < 1.29 is 4.79 Å². The molecular weight excluding hydrogens is 176 g/mol. The quantitative estimate of drug-likeness (QED) is 0.679. The molecule has 2 rings (SSSR count). The van der Waals surface area contributed by atoms with Crippen LogP contribution in [-0.2, 0) is 11.2 Å². The fourth-order valence-electron chi connectivity index (χ4n) is 1.61. The van der Waals surface area contributed by atoms with E-state index in [-0.39, 0.29) is 11.3 Å². The van der Waals surface area contributed by atoms with E-state index in [2.05, 4.69) is 10.3 Å². The number of carbonyl (C=O) groups excluding carboxylic acids is 1. The van der Waals surface area contributed by atoms with Gasteiger partial charge in [0.2, 0.25) is 5.91 Å². The second-order valence-corrected chi connectivity index (χ2v) is 4.37. The van der Waals surface area contributed by atoms with Crippen LogP contribution in [0.3, 0.4) is 0 Å². The zero-order valence-electron chi connectivity index (χ0n) is 8.50. The number of nitrogens with one attached hydrogen (secondary N) is 1. The minimum atomic E-state index is -0.279. The van der Waals surface area contributed by atoms with Crippen molar-refractivity contribution in [1.82, 2.24) is 4.98 Å². The van der Waals surface area contributed by atoms with Gasteiger partial charge in [0, 0.05) is 11.6 Å². The van der Waals surface area contributed by atoms with Crippen molar-refractivity contribution in [3.63, 3.8) is 0 Å². The fourth-order valence-corrected chi connectivity index (χ4v) is 1.61. The molecule has 0 saturated heterocycles. The van der Waals surface area contributed by atoms with Crippen LogP contribution in [0.2, 0.25) is 0 Å². The molecule has 1 aromatic heterocycles. The van der Waals surface area contributed by atoms with Crippen molar-refractivity contribution in [2.24, 2.45) is 5.41 Å². The molecule has 2 heterocycles. The molecule has 0 aliphatic carbocycles. The van der Waals surface area contributed by atoms with Crippen molar-refractivity contribution >= 4 is 11.6 Å². The van der Waals surface area contributed by atoms with Gasteiger partial charge in [-0.1, -0.05) is 13.8 Å². The molecule has 1 aliphatic rings. The van der Waals surface area contributed by atoms with Gasteiger partial charge in [0.1, 0.15) is 0 Å². The number of carbonyl (C=O) groups is 1. The maximum absolute atomic E-state index is 11.8. The summed E-state index contributed by atoms with van der Waals surface area (Å²) in [5.41, 5.74) is 1.76. The summed E-state index contributed by atoms with van der Waals surface area (Å²) < 4.78 is 0. The molecule has 1 aromatic rings. The number of aryl methyl sites for hydroxylation is 1. The molecule has 3 heteroatoms. The van der Waals surface area contributed by atoms with Gasteiger partial charge in [0.05, 0.1) is 11.9 Å². The summed E-state index contributed by atoms with van der Waals surface area (Å²) in [4.78, 5) is 15.8. The lowest BCUT2D eigenvalue weighted by molar-refractivity contribution is -0.124. The highest BCUT2D eigenvalue weighted by molar-refractivity contribution is 5.96. The number of aromatic nitrogens is 1. The smallest absolute Gasteiger partial charge is 0.230 e. The predicted molar refractivity (Wildman–Crippen MR) is 55.0 cm³/mol. The Morgan fingerprint density at radius 3 is 3.07 bits per heavy atom. The Morgan fingerprint density at radius 2 is 2.29 bits per heavy atom. The summed E-state index contributed by atoms with van der Waals surface area (Å²) in [5.74, 6) is 0.0873. The van der Waals surface area contributed by atoms with E-state index in [0.29, 0.717) is 0 Å². The molecule has 74 valence electrons. The summed E-state index contributed by atoms with van der Waals surface area (Å²) in [6, 6.07) is 1.97. The molecule has 0 saturated carbocycles. The molecule has 1 N–H and O–H groups in total. The van der Waals surface area contributed by atoms with E-state index in [9.17, 15) is 4.79 Å². The Hall–Kier alpha value is -1.38. The lowest BCUT2D eigenvalue weighted by atomic mass is 9.87. The molecule has 3 nitrogen and oxygen atoms in total. The number of rotatable bonds is 0. The average Bonchev–Trinajstić information content (AvgIpc) is 2.26. The van der Waals surface area contributed by atoms with E-state index in [1.807, 2.05) is 19.9 Å². The molecule has 0 aromatic carbocycles. The maximum Gasteiger partial charge on any atom is 0.230 e. The van der Waals surface area contributed by atoms with Crippen LogP contribution >= 0.6 is 0 Å². The number of anilines is 1. The molecule has 0 radical (unpaired) electrons. The largest absolute Gasteiger partial charge is 0.324 e. The predicted octanol–water partition coefficient (Wildman–Crippen LogP) is 1.99. The van der Waals surface area contributed by atoms with Gasteiger partial charge in [-0.2, -0.15) is 0 Å². The minimum Gasteiger partial charge on any atom is -0.324 e. The standard InChI is InChI=1S/C11H14N2O/c1-11(2)5-3-8-4-6-12-7-9(8)13-10(11)14/h4,6-7H,3,5H2,1-2H3,(H,13,14). The molecule has 0 unspecified atom stereocenters. The summed E-state index contributed by atoms with van der Waals surface area (Å²) in [6.07, 6.45) is 5.30. The van der Waals surface area contributed by atoms with Gasteiger partial charge >= 0.3 is 0 Å². The van der Waals surface area contributed by atoms with Gasteiger partial charge in [-0.05, 0) is 24.5 Å². The first-order chi connectivity index (χ1) is 6.59. The highest BCUT2D eigenvalue weighted by Gasteiger charge is 2.30. The lowest BCUT2D eigenvalue weighted by Crippen LogP contribution is -2.29. The van der Waals surface area contributed by atoms with Crippen LogP contribution in [0.25, 0.3) is 0 Å². The molecule has 0 spiro atoms. The Bertz CT molecular complexity index is 371. The van der Waals surface area contributed by atoms with E-state index in [0.717, 1.165) is 18.5 Å². The van der Waals surface area contributed by atoms with Crippen LogP contribution < -0.4 is 5.32 Å². The second-order valence-electron chi connectivity index (χ2n) is 4.37. The van der Waals surface area contributed by atoms with E-state index in [1.165, 1.54) is 5.56 Å². The third-order valence-electron chi connectivity index (χ3n) is 2.79. The average molecular weight is 190 g/mol. The minimum absolute atomic E-state index is 0.0873. The van der Waals surface area contributed by atoms with E-state index in [1.54, 1.807) is 12.4 Å². The first-order valence-electron chi connectivity index (χ1n) is 4.84. The van der Waals surface area contributed by atoms with E-state index in [4.69, 9.17) is 0 Å². The highest BCUT2D eigenvalue weighted by atomic mass is 16.2. The van der Waals surface area contributed by atoms with Gasteiger partial charge in [-0.25, -0.2) is 0 Å². The van der Waals surface area contributed by atoms with Crippen LogP contribution in [0.5, 0.6) is 0 Å². The number of nitrogens with zero attached hydrogens (tertiary/aromatic N) is 1. The normalized spacial score (nSPS) is 19.4. The number of amides is 1. The van der Waals surface area contributed by atoms with Crippen molar-refractivity contribution in [3.8, 4) is 0 Å². The molecule has 14 heavy (non-hydrogen) atoms. The van der Waals surface area contributed by atoms with Crippen molar-refractivity contribution in [2.75, 3.05) is 5.32 Å².